The highest BCUT2D eigenvalue weighted by Gasteiger charge is 2.33. The smallest absolute Gasteiger partial charge is 0.270 e. The van der Waals surface area contributed by atoms with Crippen LogP contribution < -0.4 is 10.5 Å². The number of nitriles is 1. The summed E-state index contributed by atoms with van der Waals surface area (Å²) in [7, 11) is 0. The number of benzene rings is 1. The van der Waals surface area contributed by atoms with E-state index in [4.69, 9.17) is 17.0 Å². The molecule has 2 saturated heterocycles. The molecule has 4 rings (SSSR count). The standard InChI is InChI=1S/C29H35N5O3S2/c1-4-33-26(32-15-13-31(14-16-32)20-22-10-7-6-8-11-22)23(21(3)24(19-30)27(33)35)18-25-28(36)34(29(38)39-25)12-9-17-37-5-2/h6-8,10-11,18H,4-5,9,12-17,20H2,1-3H3. The number of hydrogen-bond acceptors (Lipinski definition) is 8. The fraction of sp³-hybridized carbons (Fsp3) is 0.448. The number of rotatable bonds is 10. The van der Waals surface area contributed by atoms with Crippen LogP contribution in [0.25, 0.3) is 6.08 Å². The zero-order chi connectivity index (χ0) is 27.9. The third-order valence-corrected chi connectivity index (χ3v) is 8.48. The van der Waals surface area contributed by atoms with E-state index in [1.54, 1.807) is 16.4 Å². The van der Waals surface area contributed by atoms with E-state index >= 15 is 0 Å². The van der Waals surface area contributed by atoms with Crippen LogP contribution in [0.3, 0.4) is 0 Å². The number of carbonyl (C=O) groups is 1. The maximum atomic E-state index is 13.3. The molecular formula is C29H35N5O3S2. The Balaban J connectivity index is 1.65. The minimum absolute atomic E-state index is 0.113. The Labute approximate surface area is 239 Å². The van der Waals surface area contributed by atoms with E-state index in [1.165, 1.54) is 17.3 Å². The number of hydrogen-bond donors (Lipinski definition) is 0. The lowest BCUT2D eigenvalue weighted by molar-refractivity contribution is -0.122. The Morgan fingerprint density at radius 2 is 1.85 bits per heavy atom. The molecule has 0 unspecified atom stereocenters. The van der Waals surface area contributed by atoms with Crippen LogP contribution in [0.1, 0.15) is 42.5 Å². The number of piperazine rings is 1. The third-order valence-electron chi connectivity index (χ3n) is 7.11. The second-order valence-electron chi connectivity index (χ2n) is 9.53. The first-order valence-electron chi connectivity index (χ1n) is 13.4. The van der Waals surface area contributed by atoms with Crippen molar-refractivity contribution in [3.63, 3.8) is 0 Å². The molecule has 206 valence electrons. The summed E-state index contributed by atoms with van der Waals surface area (Å²) in [6.07, 6.45) is 2.53. The minimum atomic E-state index is -0.292. The first-order valence-corrected chi connectivity index (χ1v) is 14.6. The summed E-state index contributed by atoms with van der Waals surface area (Å²) in [6.45, 7) is 11.8. The molecule has 0 aliphatic carbocycles. The fourth-order valence-electron chi connectivity index (χ4n) is 5.03. The molecule has 2 aliphatic rings. The van der Waals surface area contributed by atoms with Gasteiger partial charge in [0.1, 0.15) is 21.8 Å². The van der Waals surface area contributed by atoms with Crippen LogP contribution in [-0.4, -0.2) is 70.5 Å². The molecule has 1 amide bonds. The molecule has 0 atom stereocenters. The second-order valence-corrected chi connectivity index (χ2v) is 11.2. The predicted molar refractivity (Wildman–Crippen MR) is 161 cm³/mol. The van der Waals surface area contributed by atoms with Crippen molar-refractivity contribution < 1.29 is 9.53 Å². The van der Waals surface area contributed by atoms with Gasteiger partial charge in [0.25, 0.3) is 11.5 Å². The molecule has 2 fully saturated rings. The van der Waals surface area contributed by atoms with E-state index in [0.717, 1.165) is 44.1 Å². The van der Waals surface area contributed by atoms with Crippen molar-refractivity contribution in [2.24, 2.45) is 0 Å². The molecule has 3 heterocycles. The van der Waals surface area contributed by atoms with E-state index in [0.29, 0.717) is 47.5 Å². The number of nitrogens with zero attached hydrogens (tertiary/aromatic N) is 5. The first kappa shape index (κ1) is 29.0. The molecule has 10 heteroatoms. The fourth-order valence-corrected chi connectivity index (χ4v) is 6.32. The van der Waals surface area contributed by atoms with E-state index in [-0.39, 0.29) is 17.0 Å². The largest absolute Gasteiger partial charge is 0.382 e. The van der Waals surface area contributed by atoms with Gasteiger partial charge in [-0.15, -0.1) is 0 Å². The summed E-state index contributed by atoms with van der Waals surface area (Å²) in [5.41, 5.74) is 2.42. The van der Waals surface area contributed by atoms with Crippen LogP contribution in [0.4, 0.5) is 5.82 Å². The molecule has 39 heavy (non-hydrogen) atoms. The molecule has 1 aromatic carbocycles. The van der Waals surface area contributed by atoms with Crippen molar-refractivity contribution >= 4 is 46.1 Å². The van der Waals surface area contributed by atoms with Gasteiger partial charge in [0.2, 0.25) is 0 Å². The van der Waals surface area contributed by atoms with Crippen molar-refractivity contribution in [1.82, 2.24) is 14.4 Å². The molecule has 2 aromatic rings. The SMILES string of the molecule is CCOCCCN1C(=O)C(=Cc2c(C)c(C#N)c(=O)n(CC)c2N2CCN(Cc3ccccc3)CC2)SC1=S. The lowest BCUT2D eigenvalue weighted by atomic mass is 10.0. The van der Waals surface area contributed by atoms with Crippen molar-refractivity contribution in [1.29, 1.82) is 5.26 Å². The molecular weight excluding hydrogens is 530 g/mol. The normalized spacial score (nSPS) is 17.3. The highest BCUT2D eigenvalue weighted by Crippen LogP contribution is 2.36. The zero-order valence-electron chi connectivity index (χ0n) is 22.8. The number of thiocarbonyl (C=S) groups is 1. The van der Waals surface area contributed by atoms with Gasteiger partial charge in [-0.3, -0.25) is 24.0 Å². The number of pyridine rings is 1. The van der Waals surface area contributed by atoms with Gasteiger partial charge >= 0.3 is 0 Å². The highest BCUT2D eigenvalue weighted by atomic mass is 32.2. The maximum absolute atomic E-state index is 13.3. The number of thioether (sulfide) groups is 1. The van der Waals surface area contributed by atoms with Crippen LogP contribution >= 0.6 is 24.0 Å². The monoisotopic (exact) mass is 565 g/mol. The van der Waals surface area contributed by atoms with Crippen LogP contribution in [0.15, 0.2) is 40.0 Å². The predicted octanol–water partition coefficient (Wildman–Crippen LogP) is 4.00. The molecule has 8 nitrogen and oxygen atoms in total. The topological polar surface area (TPSA) is 81.8 Å². The lowest BCUT2D eigenvalue weighted by Crippen LogP contribution is -2.48. The zero-order valence-corrected chi connectivity index (χ0v) is 24.4. The summed E-state index contributed by atoms with van der Waals surface area (Å²) >= 11 is 6.80. The van der Waals surface area contributed by atoms with Gasteiger partial charge in [-0.1, -0.05) is 54.3 Å². The van der Waals surface area contributed by atoms with Gasteiger partial charge in [0.05, 0.1) is 4.91 Å². The highest BCUT2D eigenvalue weighted by molar-refractivity contribution is 8.26. The maximum Gasteiger partial charge on any atom is 0.270 e. The molecule has 0 saturated carbocycles. The van der Waals surface area contributed by atoms with Crippen molar-refractivity contribution in [3.05, 3.63) is 67.8 Å². The first-order chi connectivity index (χ1) is 18.9. The number of aromatic nitrogens is 1. The molecule has 0 spiro atoms. The van der Waals surface area contributed by atoms with E-state index in [1.807, 2.05) is 26.0 Å². The van der Waals surface area contributed by atoms with Crippen LogP contribution in [0, 0.1) is 18.3 Å². The van der Waals surface area contributed by atoms with Gasteiger partial charge in [0.15, 0.2) is 0 Å². The Morgan fingerprint density at radius 1 is 1.13 bits per heavy atom. The van der Waals surface area contributed by atoms with Crippen LogP contribution in [0.2, 0.25) is 0 Å². The van der Waals surface area contributed by atoms with Gasteiger partial charge in [-0.05, 0) is 44.4 Å². The lowest BCUT2D eigenvalue weighted by Gasteiger charge is -2.38. The van der Waals surface area contributed by atoms with Crippen LogP contribution in [0.5, 0.6) is 0 Å². The number of ether oxygens (including phenoxy) is 1. The average molecular weight is 566 g/mol. The number of anilines is 1. The Hall–Kier alpha value is -2.97. The molecule has 1 aromatic heterocycles. The summed E-state index contributed by atoms with van der Waals surface area (Å²) in [5.74, 6) is 0.618. The van der Waals surface area contributed by atoms with E-state index in [2.05, 4.69) is 40.1 Å². The van der Waals surface area contributed by atoms with Crippen molar-refractivity contribution in [2.45, 2.75) is 40.3 Å². The number of amides is 1. The van der Waals surface area contributed by atoms with E-state index in [9.17, 15) is 14.9 Å². The summed E-state index contributed by atoms with van der Waals surface area (Å²) in [4.78, 5) is 33.4. The molecule has 0 radical (unpaired) electrons. The van der Waals surface area contributed by atoms with Gasteiger partial charge < -0.3 is 9.64 Å². The van der Waals surface area contributed by atoms with E-state index < -0.39 is 0 Å². The Morgan fingerprint density at radius 3 is 2.49 bits per heavy atom. The van der Waals surface area contributed by atoms with Crippen molar-refractivity contribution in [3.8, 4) is 6.07 Å². The van der Waals surface area contributed by atoms with Gasteiger partial charge in [-0.2, -0.15) is 5.26 Å². The summed E-state index contributed by atoms with van der Waals surface area (Å²) < 4.78 is 7.60. The van der Waals surface area contributed by atoms with Crippen molar-refractivity contribution in [2.75, 3.05) is 50.8 Å². The van der Waals surface area contributed by atoms with Gasteiger partial charge in [-0.25, -0.2) is 0 Å². The summed E-state index contributed by atoms with van der Waals surface area (Å²) in [5, 5.41) is 9.84. The quantitative estimate of drug-likeness (QED) is 0.243. The Kier molecular flexibility index (Phi) is 9.97. The minimum Gasteiger partial charge on any atom is -0.382 e. The average Bonchev–Trinajstić information content (AvgIpc) is 3.21. The number of carbonyl (C=O) groups excluding carboxylic acids is 1. The molecule has 0 bridgehead atoms. The third kappa shape index (κ3) is 6.44. The van der Waals surface area contributed by atoms with Gasteiger partial charge in [0, 0.05) is 64.6 Å². The molecule has 0 N–H and O–H groups in total. The summed E-state index contributed by atoms with van der Waals surface area (Å²) in [6, 6.07) is 12.5. The Bertz CT molecular complexity index is 1340. The second kappa shape index (κ2) is 13.4. The molecule has 2 aliphatic heterocycles. The van der Waals surface area contributed by atoms with Crippen LogP contribution in [-0.2, 0) is 22.6 Å².